The van der Waals surface area contributed by atoms with E-state index in [1.807, 2.05) is 13.0 Å². The molecule has 0 aliphatic rings. The molecular weight excluding hydrogens is 242 g/mol. The zero-order valence-electron chi connectivity index (χ0n) is 10.8. The lowest BCUT2D eigenvalue weighted by atomic mass is 10.3. The highest BCUT2D eigenvalue weighted by Crippen LogP contribution is 2.14. The van der Waals surface area contributed by atoms with Gasteiger partial charge in [-0.15, -0.1) is 0 Å². The fourth-order valence-electron chi connectivity index (χ4n) is 1.59. The Kier molecular flexibility index (Phi) is 3.61. The van der Waals surface area contributed by atoms with E-state index in [0.717, 1.165) is 5.70 Å². The number of aromatic nitrogens is 3. The first-order valence-electron chi connectivity index (χ1n) is 5.78. The van der Waals surface area contributed by atoms with Gasteiger partial charge in [-0.1, -0.05) is 0 Å². The Morgan fingerprint density at radius 2 is 2.16 bits per heavy atom. The van der Waals surface area contributed by atoms with Crippen molar-refractivity contribution in [3.63, 3.8) is 0 Å². The zero-order valence-corrected chi connectivity index (χ0v) is 10.8. The van der Waals surface area contributed by atoms with Crippen LogP contribution in [0.2, 0.25) is 0 Å². The SMILES string of the molecule is C/C(N)=C\C=C(/C)Nc1ncnc2[nH]ccc(=O)c12. The van der Waals surface area contributed by atoms with Crippen LogP contribution in [0, 0.1) is 0 Å². The van der Waals surface area contributed by atoms with E-state index in [9.17, 15) is 4.79 Å². The van der Waals surface area contributed by atoms with Crippen molar-refractivity contribution in [1.29, 1.82) is 0 Å². The van der Waals surface area contributed by atoms with Crippen LogP contribution in [0.25, 0.3) is 11.0 Å². The van der Waals surface area contributed by atoms with Crippen molar-refractivity contribution in [2.24, 2.45) is 5.73 Å². The molecule has 0 aliphatic carbocycles. The molecule has 0 saturated heterocycles. The minimum atomic E-state index is -0.129. The average molecular weight is 257 g/mol. The second-order valence-electron chi connectivity index (χ2n) is 4.17. The van der Waals surface area contributed by atoms with Gasteiger partial charge in [-0.25, -0.2) is 9.97 Å². The smallest absolute Gasteiger partial charge is 0.194 e. The molecule has 0 bridgehead atoms. The maximum atomic E-state index is 11.9. The molecule has 0 atom stereocenters. The third-order valence-electron chi connectivity index (χ3n) is 2.46. The first kappa shape index (κ1) is 12.8. The summed E-state index contributed by atoms with van der Waals surface area (Å²) in [7, 11) is 0. The molecule has 6 heteroatoms. The molecule has 0 unspecified atom stereocenters. The molecule has 2 aromatic rings. The molecule has 6 nitrogen and oxygen atoms in total. The van der Waals surface area contributed by atoms with Crippen LogP contribution >= 0.6 is 0 Å². The van der Waals surface area contributed by atoms with Crippen molar-refractivity contribution in [3.05, 3.63) is 52.4 Å². The minimum absolute atomic E-state index is 0.129. The summed E-state index contributed by atoms with van der Waals surface area (Å²) in [4.78, 5) is 22.9. The Balaban J connectivity index is 2.44. The van der Waals surface area contributed by atoms with E-state index in [1.165, 1.54) is 12.4 Å². The van der Waals surface area contributed by atoms with Crippen LogP contribution in [-0.4, -0.2) is 15.0 Å². The minimum Gasteiger partial charge on any atom is -0.402 e. The van der Waals surface area contributed by atoms with Crippen molar-refractivity contribution in [1.82, 2.24) is 15.0 Å². The maximum Gasteiger partial charge on any atom is 0.194 e. The number of hydrogen-bond donors (Lipinski definition) is 3. The maximum absolute atomic E-state index is 11.9. The highest BCUT2D eigenvalue weighted by molar-refractivity contribution is 5.86. The monoisotopic (exact) mass is 257 g/mol. The van der Waals surface area contributed by atoms with Gasteiger partial charge >= 0.3 is 0 Å². The van der Waals surface area contributed by atoms with Crippen molar-refractivity contribution < 1.29 is 0 Å². The van der Waals surface area contributed by atoms with E-state index in [0.29, 0.717) is 22.5 Å². The number of hydrogen-bond acceptors (Lipinski definition) is 5. The molecule has 0 radical (unpaired) electrons. The first-order chi connectivity index (χ1) is 9.08. The number of nitrogens with zero attached hydrogens (tertiary/aromatic N) is 2. The molecule has 2 rings (SSSR count). The van der Waals surface area contributed by atoms with Gasteiger partial charge in [0.25, 0.3) is 0 Å². The summed E-state index contributed by atoms with van der Waals surface area (Å²) in [6.45, 7) is 3.67. The largest absolute Gasteiger partial charge is 0.402 e. The van der Waals surface area contributed by atoms with Crippen molar-refractivity contribution in [2.45, 2.75) is 13.8 Å². The summed E-state index contributed by atoms with van der Waals surface area (Å²) in [6, 6.07) is 1.44. The van der Waals surface area contributed by atoms with Crippen molar-refractivity contribution in [3.8, 4) is 0 Å². The third kappa shape index (κ3) is 2.98. The number of pyridine rings is 1. The van der Waals surface area contributed by atoms with Gasteiger partial charge in [-0.05, 0) is 26.0 Å². The van der Waals surface area contributed by atoms with E-state index in [2.05, 4.69) is 20.3 Å². The number of fused-ring (bicyclic) bond motifs is 1. The van der Waals surface area contributed by atoms with Gasteiger partial charge < -0.3 is 16.0 Å². The molecule has 2 heterocycles. The van der Waals surface area contributed by atoms with Gasteiger partial charge in [-0.2, -0.15) is 0 Å². The number of aromatic amines is 1. The van der Waals surface area contributed by atoms with Gasteiger partial charge in [0.15, 0.2) is 5.43 Å². The third-order valence-corrected chi connectivity index (χ3v) is 2.46. The number of H-pyrrole nitrogens is 1. The second kappa shape index (κ2) is 5.34. The highest BCUT2D eigenvalue weighted by atomic mass is 16.1. The molecule has 0 aromatic carbocycles. The Labute approximate surface area is 110 Å². The average Bonchev–Trinajstić information content (AvgIpc) is 2.37. The number of allylic oxidation sites excluding steroid dienone is 4. The summed E-state index contributed by atoms with van der Waals surface area (Å²) in [5.41, 5.74) is 7.46. The first-order valence-corrected chi connectivity index (χ1v) is 5.78. The zero-order chi connectivity index (χ0) is 13.8. The van der Waals surface area contributed by atoms with Gasteiger partial charge in [0.1, 0.15) is 23.2 Å². The molecule has 0 aliphatic heterocycles. The van der Waals surface area contributed by atoms with Crippen molar-refractivity contribution >= 4 is 16.9 Å². The summed E-state index contributed by atoms with van der Waals surface area (Å²) >= 11 is 0. The van der Waals surface area contributed by atoms with Gasteiger partial charge in [-0.3, -0.25) is 4.79 Å². The van der Waals surface area contributed by atoms with Gasteiger partial charge in [0, 0.05) is 23.7 Å². The quantitative estimate of drug-likeness (QED) is 0.724. The van der Waals surface area contributed by atoms with E-state index in [4.69, 9.17) is 5.73 Å². The lowest BCUT2D eigenvalue weighted by molar-refractivity contribution is 1.16. The summed E-state index contributed by atoms with van der Waals surface area (Å²) in [5.74, 6) is 0.476. The van der Waals surface area contributed by atoms with Crippen LogP contribution in [0.1, 0.15) is 13.8 Å². The molecule has 4 N–H and O–H groups in total. The van der Waals surface area contributed by atoms with E-state index < -0.39 is 0 Å². The summed E-state index contributed by atoms with van der Waals surface area (Å²) in [6.07, 6.45) is 6.55. The Morgan fingerprint density at radius 3 is 2.89 bits per heavy atom. The summed E-state index contributed by atoms with van der Waals surface area (Å²) in [5, 5.41) is 3.51. The number of anilines is 1. The van der Waals surface area contributed by atoms with Crippen LogP contribution in [0.4, 0.5) is 5.82 Å². The van der Waals surface area contributed by atoms with E-state index >= 15 is 0 Å². The van der Waals surface area contributed by atoms with Crippen LogP contribution in [0.3, 0.4) is 0 Å². The van der Waals surface area contributed by atoms with Crippen LogP contribution in [0.15, 0.2) is 46.9 Å². The normalized spacial score (nSPS) is 12.7. The number of nitrogens with two attached hydrogens (primary N) is 1. The van der Waals surface area contributed by atoms with E-state index in [-0.39, 0.29) is 5.43 Å². The number of nitrogens with one attached hydrogen (secondary N) is 2. The molecule has 19 heavy (non-hydrogen) atoms. The molecule has 98 valence electrons. The fraction of sp³-hybridized carbons (Fsp3) is 0.154. The Hall–Kier alpha value is -2.63. The predicted octanol–water partition coefficient (Wildman–Crippen LogP) is 1.50. The molecule has 0 saturated carbocycles. The van der Waals surface area contributed by atoms with E-state index in [1.54, 1.807) is 19.2 Å². The lowest BCUT2D eigenvalue weighted by Crippen LogP contribution is -2.08. The van der Waals surface area contributed by atoms with Gasteiger partial charge in [0.05, 0.1) is 0 Å². The Morgan fingerprint density at radius 1 is 1.37 bits per heavy atom. The molecule has 2 aromatic heterocycles. The van der Waals surface area contributed by atoms with Crippen LogP contribution < -0.4 is 16.5 Å². The second-order valence-corrected chi connectivity index (χ2v) is 4.17. The molecule has 0 amide bonds. The van der Waals surface area contributed by atoms with Crippen LogP contribution in [-0.2, 0) is 0 Å². The Bertz CT molecular complexity index is 705. The molecule has 0 fully saturated rings. The lowest BCUT2D eigenvalue weighted by Gasteiger charge is -2.07. The highest BCUT2D eigenvalue weighted by Gasteiger charge is 2.06. The molecule has 0 spiro atoms. The van der Waals surface area contributed by atoms with Crippen molar-refractivity contribution in [2.75, 3.05) is 5.32 Å². The number of rotatable bonds is 3. The standard InChI is InChI=1S/C13H15N5O/c1-8(14)3-4-9(2)18-13-11-10(19)5-6-15-12(11)16-7-17-13/h3-7H,14H2,1-2H3,(H2,15,16,17,18,19)/b8-3+,9-4+. The molecular formula is C13H15N5O. The van der Waals surface area contributed by atoms with Crippen LogP contribution in [0.5, 0.6) is 0 Å². The van der Waals surface area contributed by atoms with Gasteiger partial charge in [0.2, 0.25) is 0 Å². The summed E-state index contributed by atoms with van der Waals surface area (Å²) < 4.78 is 0. The predicted molar refractivity (Wildman–Crippen MR) is 75.5 cm³/mol. The fourth-order valence-corrected chi connectivity index (χ4v) is 1.59. The topological polar surface area (TPSA) is 96.7 Å².